The summed E-state index contributed by atoms with van der Waals surface area (Å²) in [5, 5.41) is 2.77. The van der Waals surface area contributed by atoms with Gasteiger partial charge in [0.25, 0.3) is 0 Å². The van der Waals surface area contributed by atoms with E-state index in [9.17, 15) is 9.18 Å². The van der Waals surface area contributed by atoms with E-state index in [1.165, 1.54) is 13.2 Å². The molecule has 0 unspecified atom stereocenters. The molecule has 0 aliphatic heterocycles. The minimum absolute atomic E-state index is 0.0215. The van der Waals surface area contributed by atoms with E-state index >= 15 is 0 Å². The Bertz CT molecular complexity index is 397. The molecule has 100 valence electrons. The average Bonchev–Trinajstić information content (AvgIpc) is 2.38. The second-order valence-corrected chi connectivity index (χ2v) is 3.96. The highest BCUT2D eigenvalue weighted by Gasteiger charge is 2.05. The van der Waals surface area contributed by atoms with Gasteiger partial charge in [-0.15, -0.1) is 0 Å². The summed E-state index contributed by atoms with van der Waals surface area (Å²) in [5.41, 5.74) is 6.20. The standard InChI is InChI=1S/C13H19FN2O2/c1-18-12-9-10(3-5-11(12)14)4-6-13(17)16-8-2-7-15/h3,5,9H,2,4,6-8,15H2,1H3,(H,16,17). The van der Waals surface area contributed by atoms with Gasteiger partial charge in [0.05, 0.1) is 7.11 Å². The van der Waals surface area contributed by atoms with Crippen LogP contribution in [0.5, 0.6) is 5.75 Å². The molecule has 0 saturated carbocycles. The molecule has 0 saturated heterocycles. The van der Waals surface area contributed by atoms with Gasteiger partial charge in [-0.05, 0) is 37.1 Å². The van der Waals surface area contributed by atoms with Gasteiger partial charge in [0, 0.05) is 13.0 Å². The summed E-state index contributed by atoms with van der Waals surface area (Å²) in [6, 6.07) is 4.62. The van der Waals surface area contributed by atoms with E-state index in [-0.39, 0.29) is 11.7 Å². The number of hydrogen-bond acceptors (Lipinski definition) is 3. The first-order valence-corrected chi connectivity index (χ1v) is 5.96. The molecular weight excluding hydrogens is 235 g/mol. The van der Waals surface area contributed by atoms with E-state index in [1.54, 1.807) is 12.1 Å². The molecule has 0 aromatic heterocycles. The van der Waals surface area contributed by atoms with Crippen molar-refractivity contribution in [1.82, 2.24) is 5.32 Å². The van der Waals surface area contributed by atoms with E-state index in [4.69, 9.17) is 10.5 Å². The van der Waals surface area contributed by atoms with Gasteiger partial charge in [-0.2, -0.15) is 0 Å². The molecule has 0 heterocycles. The lowest BCUT2D eigenvalue weighted by Crippen LogP contribution is -2.26. The third kappa shape index (κ3) is 4.71. The van der Waals surface area contributed by atoms with Crippen LogP contribution in [0, 0.1) is 5.82 Å². The predicted molar refractivity (Wildman–Crippen MR) is 68.0 cm³/mol. The molecule has 1 aromatic rings. The van der Waals surface area contributed by atoms with Crippen LogP contribution in [0.2, 0.25) is 0 Å². The zero-order valence-electron chi connectivity index (χ0n) is 10.5. The summed E-state index contributed by atoms with van der Waals surface area (Å²) in [5.74, 6) is -0.212. The van der Waals surface area contributed by atoms with Gasteiger partial charge in [-0.3, -0.25) is 4.79 Å². The zero-order chi connectivity index (χ0) is 13.4. The minimum atomic E-state index is -0.395. The van der Waals surface area contributed by atoms with Crippen LogP contribution in [0.1, 0.15) is 18.4 Å². The topological polar surface area (TPSA) is 64.3 Å². The number of carbonyl (C=O) groups excluding carboxylic acids is 1. The zero-order valence-corrected chi connectivity index (χ0v) is 10.5. The summed E-state index contributed by atoms with van der Waals surface area (Å²) in [4.78, 5) is 11.5. The van der Waals surface area contributed by atoms with Crippen molar-refractivity contribution in [2.75, 3.05) is 20.2 Å². The van der Waals surface area contributed by atoms with E-state index < -0.39 is 5.82 Å². The Balaban J connectivity index is 2.41. The number of ether oxygens (including phenoxy) is 1. The molecule has 1 aromatic carbocycles. The number of hydrogen-bond donors (Lipinski definition) is 2. The lowest BCUT2D eigenvalue weighted by Gasteiger charge is -2.06. The largest absolute Gasteiger partial charge is 0.494 e. The second-order valence-electron chi connectivity index (χ2n) is 3.96. The van der Waals surface area contributed by atoms with Gasteiger partial charge < -0.3 is 15.8 Å². The second kappa shape index (κ2) is 7.66. The summed E-state index contributed by atoms with van der Waals surface area (Å²) >= 11 is 0. The van der Waals surface area contributed by atoms with Crippen molar-refractivity contribution >= 4 is 5.91 Å². The summed E-state index contributed by atoms with van der Waals surface area (Å²) in [6.07, 6.45) is 1.71. The minimum Gasteiger partial charge on any atom is -0.494 e. The molecule has 3 N–H and O–H groups in total. The Hall–Kier alpha value is -1.62. The van der Waals surface area contributed by atoms with Crippen molar-refractivity contribution in [3.05, 3.63) is 29.6 Å². The number of carbonyl (C=O) groups is 1. The van der Waals surface area contributed by atoms with E-state index in [0.29, 0.717) is 25.9 Å². The fraction of sp³-hybridized carbons (Fsp3) is 0.462. The van der Waals surface area contributed by atoms with Crippen molar-refractivity contribution in [3.8, 4) is 5.75 Å². The number of nitrogens with two attached hydrogens (primary N) is 1. The van der Waals surface area contributed by atoms with E-state index in [2.05, 4.69) is 5.32 Å². The monoisotopic (exact) mass is 254 g/mol. The third-order valence-corrected chi connectivity index (χ3v) is 2.56. The van der Waals surface area contributed by atoms with Gasteiger partial charge in [0.2, 0.25) is 5.91 Å². The van der Waals surface area contributed by atoms with Gasteiger partial charge >= 0.3 is 0 Å². The van der Waals surface area contributed by atoms with Crippen molar-refractivity contribution < 1.29 is 13.9 Å². The first-order chi connectivity index (χ1) is 8.67. The van der Waals surface area contributed by atoms with Crippen LogP contribution in [-0.4, -0.2) is 26.1 Å². The van der Waals surface area contributed by atoms with Crippen LogP contribution >= 0.6 is 0 Å². The summed E-state index contributed by atoms with van der Waals surface area (Å²) in [6.45, 7) is 1.16. The molecule has 0 fully saturated rings. The number of amides is 1. The number of methoxy groups -OCH3 is 1. The first-order valence-electron chi connectivity index (χ1n) is 5.96. The predicted octanol–water partition coefficient (Wildman–Crippen LogP) is 1.23. The maximum atomic E-state index is 13.2. The van der Waals surface area contributed by atoms with Crippen molar-refractivity contribution in [2.24, 2.45) is 5.73 Å². The highest BCUT2D eigenvalue weighted by atomic mass is 19.1. The van der Waals surface area contributed by atoms with Gasteiger partial charge in [-0.1, -0.05) is 6.07 Å². The van der Waals surface area contributed by atoms with Crippen LogP contribution in [-0.2, 0) is 11.2 Å². The number of halogens is 1. The molecule has 1 amide bonds. The highest BCUT2D eigenvalue weighted by molar-refractivity contribution is 5.76. The molecular formula is C13H19FN2O2. The quantitative estimate of drug-likeness (QED) is 0.719. The number of nitrogens with one attached hydrogen (secondary N) is 1. The van der Waals surface area contributed by atoms with Crippen LogP contribution in [0.15, 0.2) is 18.2 Å². The Morgan fingerprint density at radius 3 is 2.94 bits per heavy atom. The van der Waals surface area contributed by atoms with Crippen molar-refractivity contribution in [2.45, 2.75) is 19.3 Å². The van der Waals surface area contributed by atoms with Crippen molar-refractivity contribution in [1.29, 1.82) is 0 Å². The summed E-state index contributed by atoms with van der Waals surface area (Å²) < 4.78 is 18.0. The number of aryl methyl sites for hydroxylation is 1. The molecule has 5 heteroatoms. The number of rotatable bonds is 7. The average molecular weight is 254 g/mol. The van der Waals surface area contributed by atoms with Crippen LogP contribution < -0.4 is 15.8 Å². The molecule has 0 spiro atoms. The SMILES string of the molecule is COc1cc(CCC(=O)NCCCN)ccc1F. The van der Waals surface area contributed by atoms with Gasteiger partial charge in [-0.25, -0.2) is 4.39 Å². The highest BCUT2D eigenvalue weighted by Crippen LogP contribution is 2.18. The Labute approximate surface area is 106 Å². The maximum absolute atomic E-state index is 13.2. The Morgan fingerprint density at radius 2 is 2.28 bits per heavy atom. The fourth-order valence-corrected chi connectivity index (χ4v) is 1.54. The molecule has 4 nitrogen and oxygen atoms in total. The molecule has 0 aliphatic rings. The van der Waals surface area contributed by atoms with E-state index in [0.717, 1.165) is 12.0 Å². The fourth-order valence-electron chi connectivity index (χ4n) is 1.54. The number of benzene rings is 1. The normalized spacial score (nSPS) is 10.2. The van der Waals surface area contributed by atoms with Gasteiger partial charge in [0.1, 0.15) is 0 Å². The van der Waals surface area contributed by atoms with Crippen molar-refractivity contribution in [3.63, 3.8) is 0 Å². The molecule has 0 atom stereocenters. The lowest BCUT2D eigenvalue weighted by atomic mass is 10.1. The Morgan fingerprint density at radius 1 is 1.50 bits per heavy atom. The summed E-state index contributed by atoms with van der Waals surface area (Å²) in [7, 11) is 1.42. The molecule has 0 aliphatic carbocycles. The van der Waals surface area contributed by atoms with Crippen LogP contribution in [0.25, 0.3) is 0 Å². The molecule has 0 bridgehead atoms. The van der Waals surface area contributed by atoms with E-state index in [1.807, 2.05) is 0 Å². The molecule has 0 radical (unpaired) electrons. The molecule has 1 rings (SSSR count). The van der Waals surface area contributed by atoms with Gasteiger partial charge in [0.15, 0.2) is 11.6 Å². The first kappa shape index (κ1) is 14.4. The van der Waals surface area contributed by atoms with Crippen LogP contribution in [0.4, 0.5) is 4.39 Å². The Kier molecular flexibility index (Phi) is 6.14. The molecule has 18 heavy (non-hydrogen) atoms. The van der Waals surface area contributed by atoms with Crippen LogP contribution in [0.3, 0.4) is 0 Å². The lowest BCUT2D eigenvalue weighted by molar-refractivity contribution is -0.121. The maximum Gasteiger partial charge on any atom is 0.220 e. The smallest absolute Gasteiger partial charge is 0.220 e. The third-order valence-electron chi connectivity index (χ3n) is 2.56.